The topological polar surface area (TPSA) is 61.2 Å². The SMILES string of the molecule is N#Cc1ccc(N2C(=O)[C@@H]3[C@@H](C2=O)[C@H]2C=C[C@H]3C23CC3)cc1. The van der Waals surface area contributed by atoms with Crippen LogP contribution in [0.4, 0.5) is 5.69 Å². The van der Waals surface area contributed by atoms with Gasteiger partial charge in [0.1, 0.15) is 0 Å². The lowest BCUT2D eigenvalue weighted by molar-refractivity contribution is -0.123. The lowest BCUT2D eigenvalue weighted by atomic mass is 9.85. The molecular weight excluding hydrogens is 276 g/mol. The van der Waals surface area contributed by atoms with Crippen LogP contribution in [-0.2, 0) is 9.59 Å². The summed E-state index contributed by atoms with van der Waals surface area (Å²) < 4.78 is 0. The third-order valence-corrected chi connectivity index (χ3v) is 6.11. The van der Waals surface area contributed by atoms with Crippen LogP contribution in [0.15, 0.2) is 36.4 Å². The van der Waals surface area contributed by atoms with Crippen LogP contribution in [0.5, 0.6) is 0 Å². The van der Waals surface area contributed by atoms with Gasteiger partial charge >= 0.3 is 0 Å². The van der Waals surface area contributed by atoms with Gasteiger partial charge < -0.3 is 0 Å². The van der Waals surface area contributed by atoms with Gasteiger partial charge in [-0.25, -0.2) is 0 Å². The van der Waals surface area contributed by atoms with Crippen LogP contribution < -0.4 is 4.90 Å². The standard InChI is InChI=1S/C18H14N2O2/c19-9-10-1-3-11(4-2-10)20-16(21)14-12-5-6-13(15(14)17(20)22)18(12)7-8-18/h1-6,12-15H,7-8H2/t12-,13-,14+,15+/m1/s1. The molecule has 1 saturated heterocycles. The van der Waals surface area contributed by atoms with Gasteiger partial charge in [0.15, 0.2) is 0 Å². The minimum atomic E-state index is -0.166. The van der Waals surface area contributed by atoms with Crippen molar-refractivity contribution in [3.05, 3.63) is 42.0 Å². The molecule has 108 valence electrons. The molecule has 2 bridgehead atoms. The highest BCUT2D eigenvalue weighted by Gasteiger charge is 2.73. The zero-order chi connectivity index (χ0) is 15.1. The van der Waals surface area contributed by atoms with E-state index < -0.39 is 0 Å². The van der Waals surface area contributed by atoms with Crippen molar-refractivity contribution in [2.24, 2.45) is 29.1 Å². The van der Waals surface area contributed by atoms with Crippen molar-refractivity contribution in [1.82, 2.24) is 0 Å². The molecule has 4 atom stereocenters. The molecule has 2 amide bonds. The number of rotatable bonds is 1. The number of hydrogen-bond acceptors (Lipinski definition) is 3. The number of hydrogen-bond donors (Lipinski definition) is 0. The molecule has 4 aliphatic rings. The first-order valence-electron chi connectivity index (χ1n) is 7.74. The van der Waals surface area contributed by atoms with Crippen LogP contribution in [0.3, 0.4) is 0 Å². The molecule has 1 heterocycles. The summed E-state index contributed by atoms with van der Waals surface area (Å²) in [5.41, 5.74) is 1.35. The molecule has 0 aromatic heterocycles. The van der Waals surface area contributed by atoms with Gasteiger partial charge in [-0.2, -0.15) is 5.26 Å². The maximum atomic E-state index is 12.9. The predicted octanol–water partition coefficient (Wildman–Crippen LogP) is 2.26. The van der Waals surface area contributed by atoms with Crippen LogP contribution in [0.1, 0.15) is 18.4 Å². The Kier molecular flexibility index (Phi) is 2.03. The highest BCUT2D eigenvalue weighted by Crippen LogP contribution is 2.73. The second kappa shape index (κ2) is 3.67. The van der Waals surface area contributed by atoms with Gasteiger partial charge in [0.05, 0.1) is 29.2 Å². The maximum Gasteiger partial charge on any atom is 0.238 e. The first-order chi connectivity index (χ1) is 10.7. The van der Waals surface area contributed by atoms with Crippen LogP contribution in [0, 0.1) is 40.4 Å². The summed E-state index contributed by atoms with van der Waals surface area (Å²) in [5, 5.41) is 8.87. The molecule has 0 N–H and O–H groups in total. The Morgan fingerprint density at radius 1 is 1.00 bits per heavy atom. The predicted molar refractivity (Wildman–Crippen MR) is 78.4 cm³/mol. The van der Waals surface area contributed by atoms with E-state index in [4.69, 9.17) is 5.26 Å². The lowest BCUT2D eigenvalue weighted by Gasteiger charge is -2.21. The summed E-state index contributed by atoms with van der Waals surface area (Å²) in [5.74, 6) is 0.0663. The first-order valence-corrected chi connectivity index (χ1v) is 7.74. The second-order valence-corrected chi connectivity index (χ2v) is 6.89. The number of allylic oxidation sites excluding steroid dienone is 2. The average Bonchev–Trinajstić information content (AvgIpc) is 3.13. The van der Waals surface area contributed by atoms with E-state index in [0.29, 0.717) is 11.3 Å². The number of anilines is 1. The summed E-state index contributed by atoms with van der Waals surface area (Å²) in [6.07, 6.45) is 6.65. The fraction of sp³-hybridized carbons (Fsp3) is 0.389. The van der Waals surface area contributed by atoms with E-state index in [2.05, 4.69) is 18.2 Å². The molecule has 1 aliphatic heterocycles. The maximum absolute atomic E-state index is 12.9. The van der Waals surface area contributed by atoms with Crippen LogP contribution in [0.25, 0.3) is 0 Å². The number of carbonyl (C=O) groups excluding carboxylic acids is 2. The molecule has 22 heavy (non-hydrogen) atoms. The Labute approximate surface area is 128 Å². The molecule has 1 spiro atoms. The molecule has 3 fully saturated rings. The van der Waals surface area contributed by atoms with Crippen molar-refractivity contribution < 1.29 is 9.59 Å². The number of carbonyl (C=O) groups is 2. The zero-order valence-corrected chi connectivity index (χ0v) is 11.9. The van der Waals surface area contributed by atoms with Crippen molar-refractivity contribution in [3.8, 4) is 6.07 Å². The van der Waals surface area contributed by atoms with Crippen molar-refractivity contribution in [2.45, 2.75) is 12.8 Å². The summed E-state index contributed by atoms with van der Waals surface area (Å²) in [4.78, 5) is 27.1. The fourth-order valence-corrected chi connectivity index (χ4v) is 5.02. The Morgan fingerprint density at radius 3 is 2.00 bits per heavy atom. The van der Waals surface area contributed by atoms with Gasteiger partial charge in [0, 0.05) is 0 Å². The van der Waals surface area contributed by atoms with Gasteiger partial charge in [0.25, 0.3) is 0 Å². The smallest absolute Gasteiger partial charge is 0.238 e. The van der Waals surface area contributed by atoms with Crippen LogP contribution in [-0.4, -0.2) is 11.8 Å². The third-order valence-electron chi connectivity index (χ3n) is 6.11. The molecule has 4 nitrogen and oxygen atoms in total. The van der Waals surface area contributed by atoms with Crippen LogP contribution >= 0.6 is 0 Å². The number of benzene rings is 1. The molecular formula is C18H14N2O2. The van der Waals surface area contributed by atoms with E-state index in [0.717, 1.165) is 12.8 Å². The van der Waals surface area contributed by atoms with Gasteiger partial charge in [-0.05, 0) is 54.4 Å². The van der Waals surface area contributed by atoms with Crippen molar-refractivity contribution in [3.63, 3.8) is 0 Å². The largest absolute Gasteiger partial charge is 0.274 e. The molecule has 2 saturated carbocycles. The normalized spacial score (nSPS) is 36.0. The number of imide groups is 1. The van der Waals surface area contributed by atoms with E-state index in [-0.39, 0.29) is 40.9 Å². The van der Waals surface area contributed by atoms with E-state index in [1.54, 1.807) is 24.3 Å². The lowest BCUT2D eigenvalue weighted by Crippen LogP contribution is -2.34. The fourth-order valence-electron chi connectivity index (χ4n) is 5.02. The Hall–Kier alpha value is -2.41. The molecule has 5 rings (SSSR count). The zero-order valence-electron chi connectivity index (χ0n) is 11.9. The highest BCUT2D eigenvalue weighted by atomic mass is 16.2. The molecule has 1 aromatic rings. The van der Waals surface area contributed by atoms with Crippen molar-refractivity contribution in [1.29, 1.82) is 5.26 Å². The van der Waals surface area contributed by atoms with E-state index in [9.17, 15) is 9.59 Å². The average molecular weight is 290 g/mol. The number of nitrogens with zero attached hydrogens (tertiary/aromatic N) is 2. The summed E-state index contributed by atoms with van der Waals surface area (Å²) in [7, 11) is 0. The first kappa shape index (κ1) is 12.2. The Balaban J connectivity index is 1.55. The quantitative estimate of drug-likeness (QED) is 0.589. The minimum absolute atomic E-state index is 0.0529. The van der Waals surface area contributed by atoms with Gasteiger partial charge in [-0.3, -0.25) is 14.5 Å². The van der Waals surface area contributed by atoms with Crippen molar-refractivity contribution in [2.75, 3.05) is 4.90 Å². The summed E-state index contributed by atoms with van der Waals surface area (Å²) in [6.45, 7) is 0. The highest BCUT2D eigenvalue weighted by molar-refractivity contribution is 6.23. The minimum Gasteiger partial charge on any atom is -0.274 e. The molecule has 0 unspecified atom stereocenters. The summed E-state index contributed by atoms with van der Waals surface area (Å²) in [6, 6.07) is 8.74. The molecule has 0 radical (unpaired) electrons. The number of nitriles is 1. The molecule has 4 heteroatoms. The Bertz CT molecular complexity index is 748. The van der Waals surface area contributed by atoms with Gasteiger partial charge in [-0.15, -0.1) is 0 Å². The summed E-state index contributed by atoms with van der Waals surface area (Å²) >= 11 is 0. The Morgan fingerprint density at radius 2 is 1.55 bits per heavy atom. The van der Waals surface area contributed by atoms with E-state index in [1.165, 1.54) is 4.90 Å². The number of amides is 2. The van der Waals surface area contributed by atoms with E-state index >= 15 is 0 Å². The third kappa shape index (κ3) is 1.20. The monoisotopic (exact) mass is 290 g/mol. The van der Waals surface area contributed by atoms with Gasteiger partial charge in [0.2, 0.25) is 11.8 Å². The molecule has 1 aromatic carbocycles. The number of fused-ring (bicyclic) bond motifs is 3. The molecule has 3 aliphatic carbocycles. The second-order valence-electron chi connectivity index (χ2n) is 6.89. The van der Waals surface area contributed by atoms with Crippen molar-refractivity contribution >= 4 is 17.5 Å². The van der Waals surface area contributed by atoms with Crippen LogP contribution in [0.2, 0.25) is 0 Å². The van der Waals surface area contributed by atoms with Gasteiger partial charge in [-0.1, -0.05) is 12.2 Å². The van der Waals surface area contributed by atoms with E-state index in [1.807, 2.05) is 0 Å².